The third-order valence-electron chi connectivity index (χ3n) is 4.80. The fraction of sp³-hybridized carbons (Fsp3) is 0.714. The van der Waals surface area contributed by atoms with Crippen LogP contribution in [0.4, 0.5) is 0 Å². The monoisotopic (exact) mass is 336 g/mol. The van der Waals surface area contributed by atoms with Gasteiger partial charge in [-0.2, -0.15) is 0 Å². The van der Waals surface area contributed by atoms with E-state index in [1.807, 2.05) is 0 Å². The highest BCUT2D eigenvalue weighted by atomic mass is 28.4. The minimum Gasteiger partial charge on any atom is -0.413 e. The van der Waals surface area contributed by atoms with E-state index in [0.29, 0.717) is 5.04 Å². The SMILES string of the molecule is CC(C)=CCCC(C)=CCCC(C)=CCO[Si](C)(C)C(C)(C)C. The van der Waals surface area contributed by atoms with Gasteiger partial charge < -0.3 is 4.43 Å². The molecule has 0 aliphatic rings. The van der Waals surface area contributed by atoms with Crippen LogP contribution >= 0.6 is 0 Å². The van der Waals surface area contributed by atoms with Gasteiger partial charge in [0, 0.05) is 0 Å². The summed E-state index contributed by atoms with van der Waals surface area (Å²) in [6.07, 6.45) is 11.6. The molecule has 0 bridgehead atoms. The van der Waals surface area contributed by atoms with Crippen molar-refractivity contribution in [1.29, 1.82) is 0 Å². The molecule has 0 aromatic heterocycles. The number of hydrogen-bond donors (Lipinski definition) is 0. The summed E-state index contributed by atoms with van der Waals surface area (Å²) >= 11 is 0. The zero-order valence-electron chi connectivity index (χ0n) is 17.2. The lowest BCUT2D eigenvalue weighted by molar-refractivity contribution is 0.327. The molecule has 0 saturated heterocycles. The fourth-order valence-electron chi connectivity index (χ4n) is 1.95. The Balaban J connectivity index is 4.15. The van der Waals surface area contributed by atoms with E-state index >= 15 is 0 Å². The molecule has 0 fully saturated rings. The van der Waals surface area contributed by atoms with Gasteiger partial charge in [0.1, 0.15) is 0 Å². The lowest BCUT2D eigenvalue weighted by Crippen LogP contribution is -2.40. The summed E-state index contributed by atoms with van der Waals surface area (Å²) in [4.78, 5) is 0. The maximum Gasteiger partial charge on any atom is 0.192 e. The van der Waals surface area contributed by atoms with Crippen LogP contribution in [-0.4, -0.2) is 14.9 Å². The van der Waals surface area contributed by atoms with Gasteiger partial charge >= 0.3 is 0 Å². The lowest BCUT2D eigenvalue weighted by atomic mass is 10.1. The van der Waals surface area contributed by atoms with E-state index in [0.717, 1.165) is 19.4 Å². The quantitative estimate of drug-likeness (QED) is 0.314. The van der Waals surface area contributed by atoms with Gasteiger partial charge in [-0.1, -0.05) is 55.7 Å². The van der Waals surface area contributed by atoms with Crippen LogP contribution in [-0.2, 0) is 4.43 Å². The maximum absolute atomic E-state index is 6.21. The van der Waals surface area contributed by atoms with Crippen molar-refractivity contribution >= 4 is 8.32 Å². The molecule has 0 heterocycles. The molecule has 0 radical (unpaired) electrons. The smallest absolute Gasteiger partial charge is 0.192 e. The van der Waals surface area contributed by atoms with Crippen molar-refractivity contribution in [3.63, 3.8) is 0 Å². The van der Waals surface area contributed by atoms with Crippen molar-refractivity contribution in [1.82, 2.24) is 0 Å². The van der Waals surface area contributed by atoms with E-state index in [1.54, 1.807) is 0 Å². The Labute approximate surface area is 147 Å². The van der Waals surface area contributed by atoms with Crippen molar-refractivity contribution < 1.29 is 4.43 Å². The third kappa shape index (κ3) is 10.7. The van der Waals surface area contributed by atoms with E-state index in [9.17, 15) is 0 Å². The van der Waals surface area contributed by atoms with Crippen LogP contribution in [0.25, 0.3) is 0 Å². The second-order valence-corrected chi connectivity index (χ2v) is 13.3. The number of hydrogen-bond acceptors (Lipinski definition) is 1. The summed E-state index contributed by atoms with van der Waals surface area (Å²) in [6, 6.07) is 0. The van der Waals surface area contributed by atoms with Gasteiger partial charge in [0.25, 0.3) is 0 Å². The molecule has 0 N–H and O–H groups in total. The van der Waals surface area contributed by atoms with Crippen molar-refractivity contribution in [2.75, 3.05) is 6.61 Å². The molecule has 0 aliphatic carbocycles. The topological polar surface area (TPSA) is 9.23 Å². The van der Waals surface area contributed by atoms with Crippen LogP contribution in [0.3, 0.4) is 0 Å². The summed E-state index contributed by atoms with van der Waals surface area (Å²) in [5.41, 5.74) is 4.36. The molecule has 134 valence electrons. The first-order chi connectivity index (χ1) is 10.5. The van der Waals surface area contributed by atoms with Crippen LogP contribution in [0.5, 0.6) is 0 Å². The Morgan fingerprint density at radius 3 is 1.78 bits per heavy atom. The zero-order chi connectivity index (χ0) is 18.1. The molecule has 0 saturated carbocycles. The van der Waals surface area contributed by atoms with Crippen LogP contribution < -0.4 is 0 Å². The Morgan fingerprint density at radius 2 is 1.30 bits per heavy atom. The van der Waals surface area contributed by atoms with E-state index < -0.39 is 8.32 Å². The fourth-order valence-corrected chi connectivity index (χ4v) is 2.88. The molecule has 23 heavy (non-hydrogen) atoms. The Morgan fingerprint density at radius 1 is 0.826 bits per heavy atom. The molecule has 0 aliphatic heterocycles. The first kappa shape index (κ1) is 22.4. The van der Waals surface area contributed by atoms with Crippen molar-refractivity contribution in [3.05, 3.63) is 34.9 Å². The van der Waals surface area contributed by atoms with Gasteiger partial charge in [-0.15, -0.1) is 0 Å². The van der Waals surface area contributed by atoms with Gasteiger partial charge in [-0.3, -0.25) is 0 Å². The molecular weight excluding hydrogens is 296 g/mol. The number of allylic oxidation sites excluding steroid dienone is 5. The Hall–Kier alpha value is -0.603. The van der Waals surface area contributed by atoms with Crippen molar-refractivity contribution in [2.24, 2.45) is 0 Å². The largest absolute Gasteiger partial charge is 0.413 e. The summed E-state index contributed by atoms with van der Waals surface area (Å²) in [6.45, 7) is 21.1. The van der Waals surface area contributed by atoms with Crippen LogP contribution in [0, 0.1) is 0 Å². The van der Waals surface area contributed by atoms with Gasteiger partial charge in [0.15, 0.2) is 8.32 Å². The molecule has 0 unspecified atom stereocenters. The highest BCUT2D eigenvalue weighted by Crippen LogP contribution is 2.36. The highest BCUT2D eigenvalue weighted by Gasteiger charge is 2.36. The molecule has 1 nitrogen and oxygen atoms in total. The summed E-state index contributed by atoms with van der Waals surface area (Å²) in [5, 5.41) is 0.292. The molecular formula is C21H40OSi. The zero-order valence-corrected chi connectivity index (χ0v) is 18.2. The Bertz CT molecular complexity index is 429. The standard InChI is InChI=1S/C21H40OSi/c1-18(2)12-10-13-19(3)14-11-15-20(4)16-17-22-23(8,9)21(5,6)7/h12,14,16H,10-11,13,15,17H2,1-9H3. The minimum absolute atomic E-state index is 0.292. The molecule has 0 aromatic rings. The van der Waals surface area contributed by atoms with E-state index in [4.69, 9.17) is 4.43 Å². The highest BCUT2D eigenvalue weighted by molar-refractivity contribution is 6.74. The molecule has 0 atom stereocenters. The summed E-state index contributed by atoms with van der Waals surface area (Å²) < 4.78 is 6.21. The maximum atomic E-state index is 6.21. The van der Waals surface area contributed by atoms with Crippen LogP contribution in [0.1, 0.15) is 74.1 Å². The van der Waals surface area contributed by atoms with Crippen molar-refractivity contribution in [2.45, 2.75) is 92.3 Å². The van der Waals surface area contributed by atoms with E-state index in [1.165, 1.54) is 29.6 Å². The van der Waals surface area contributed by atoms with Gasteiger partial charge in [-0.05, 0) is 71.5 Å². The molecule has 0 rings (SSSR count). The van der Waals surface area contributed by atoms with Gasteiger partial charge in [0.05, 0.1) is 6.61 Å². The van der Waals surface area contributed by atoms with Crippen LogP contribution in [0.15, 0.2) is 34.9 Å². The molecule has 0 amide bonds. The van der Waals surface area contributed by atoms with Crippen molar-refractivity contribution in [3.8, 4) is 0 Å². The number of rotatable bonds is 9. The molecule has 2 heteroatoms. The third-order valence-corrected chi connectivity index (χ3v) is 9.31. The first-order valence-corrected chi connectivity index (χ1v) is 11.9. The van der Waals surface area contributed by atoms with Crippen LogP contribution in [0.2, 0.25) is 18.1 Å². The summed E-state index contributed by atoms with van der Waals surface area (Å²) in [5.74, 6) is 0. The normalized spacial score (nSPS) is 14.1. The molecule has 0 aromatic carbocycles. The minimum atomic E-state index is -1.61. The Kier molecular flexibility index (Phi) is 10.0. The first-order valence-electron chi connectivity index (χ1n) is 9.04. The lowest BCUT2D eigenvalue weighted by Gasteiger charge is -2.35. The average molecular weight is 337 g/mol. The second kappa shape index (κ2) is 10.3. The molecule has 0 spiro atoms. The van der Waals surface area contributed by atoms with Gasteiger partial charge in [-0.25, -0.2) is 0 Å². The predicted molar refractivity (Wildman–Crippen MR) is 109 cm³/mol. The predicted octanol–water partition coefficient (Wildman–Crippen LogP) is 7.43. The average Bonchev–Trinajstić information content (AvgIpc) is 2.36. The van der Waals surface area contributed by atoms with E-state index in [2.05, 4.69) is 79.8 Å². The summed E-state index contributed by atoms with van der Waals surface area (Å²) in [7, 11) is -1.61. The van der Waals surface area contributed by atoms with Gasteiger partial charge in [0.2, 0.25) is 0 Å². The second-order valence-electron chi connectivity index (χ2n) is 8.53. The van der Waals surface area contributed by atoms with E-state index in [-0.39, 0.29) is 0 Å².